The topological polar surface area (TPSA) is 54.9 Å². The van der Waals surface area contributed by atoms with Gasteiger partial charge < -0.3 is 5.32 Å². The molecular formula is C18H12Cl2FN3O. The summed E-state index contributed by atoms with van der Waals surface area (Å²) in [7, 11) is 0. The Bertz CT molecular complexity index is 946. The maximum absolute atomic E-state index is 13.3. The molecule has 2 heterocycles. The Balaban J connectivity index is 1.91. The number of nitrogens with zero attached hydrogens (tertiary/aromatic N) is 2. The van der Waals surface area contributed by atoms with Gasteiger partial charge in [0.25, 0.3) is 5.91 Å². The fourth-order valence-corrected chi connectivity index (χ4v) is 2.55. The highest BCUT2D eigenvalue weighted by Gasteiger charge is 2.12. The van der Waals surface area contributed by atoms with E-state index in [2.05, 4.69) is 15.3 Å². The molecule has 1 N–H and O–H groups in total. The van der Waals surface area contributed by atoms with Crippen LogP contribution in [-0.2, 0) is 0 Å². The fourth-order valence-electron chi connectivity index (χ4n) is 2.26. The third kappa shape index (κ3) is 4.13. The molecule has 0 radical (unpaired) electrons. The van der Waals surface area contributed by atoms with Crippen LogP contribution >= 0.6 is 23.2 Å². The summed E-state index contributed by atoms with van der Waals surface area (Å²) in [4.78, 5) is 20.7. The van der Waals surface area contributed by atoms with E-state index in [0.717, 1.165) is 0 Å². The summed E-state index contributed by atoms with van der Waals surface area (Å²) in [5.41, 5.74) is 2.26. The van der Waals surface area contributed by atoms with Gasteiger partial charge in [-0.1, -0.05) is 29.3 Å². The molecule has 25 heavy (non-hydrogen) atoms. The lowest BCUT2D eigenvalue weighted by Crippen LogP contribution is -2.15. The average molecular weight is 376 g/mol. The van der Waals surface area contributed by atoms with Crippen LogP contribution in [0.15, 0.2) is 48.7 Å². The van der Waals surface area contributed by atoms with Gasteiger partial charge in [0.1, 0.15) is 17.3 Å². The Morgan fingerprint density at radius 3 is 2.56 bits per heavy atom. The standard InChI is InChI=1S/C18H12Cl2FN3O/c1-10-6-12(11-2-4-15(21)14(20)7-11)8-16(23-10)18(25)24-17-5-3-13(19)9-22-17/h2-9H,1H3,(H,22,24,25). The second-order valence-electron chi connectivity index (χ2n) is 5.33. The van der Waals surface area contributed by atoms with Crippen molar-refractivity contribution in [1.82, 2.24) is 9.97 Å². The lowest BCUT2D eigenvalue weighted by molar-refractivity contribution is 0.102. The average Bonchev–Trinajstić information content (AvgIpc) is 2.59. The summed E-state index contributed by atoms with van der Waals surface area (Å²) in [6.07, 6.45) is 1.44. The molecule has 0 fully saturated rings. The van der Waals surface area contributed by atoms with E-state index in [9.17, 15) is 9.18 Å². The maximum atomic E-state index is 13.3. The van der Waals surface area contributed by atoms with Gasteiger partial charge in [-0.3, -0.25) is 4.79 Å². The largest absolute Gasteiger partial charge is 0.305 e. The van der Waals surface area contributed by atoms with E-state index < -0.39 is 11.7 Å². The Kier molecular flexibility index (Phi) is 4.97. The Morgan fingerprint density at radius 1 is 1.08 bits per heavy atom. The molecule has 7 heteroatoms. The van der Waals surface area contributed by atoms with Gasteiger partial charge in [0.2, 0.25) is 0 Å². The minimum absolute atomic E-state index is 0.0170. The summed E-state index contributed by atoms with van der Waals surface area (Å²) in [5.74, 6) is -0.542. The molecule has 4 nitrogen and oxygen atoms in total. The number of nitrogens with one attached hydrogen (secondary N) is 1. The van der Waals surface area contributed by atoms with Crippen LogP contribution in [0.5, 0.6) is 0 Å². The lowest BCUT2D eigenvalue weighted by atomic mass is 10.0. The van der Waals surface area contributed by atoms with Gasteiger partial charge in [-0.05, 0) is 54.4 Å². The first-order chi connectivity index (χ1) is 11.9. The van der Waals surface area contributed by atoms with Crippen molar-refractivity contribution in [2.45, 2.75) is 6.92 Å². The molecule has 126 valence electrons. The van der Waals surface area contributed by atoms with Crippen LogP contribution in [0.3, 0.4) is 0 Å². The van der Waals surface area contributed by atoms with Gasteiger partial charge in [0, 0.05) is 11.9 Å². The third-order valence-corrected chi connectivity index (χ3v) is 3.92. The van der Waals surface area contributed by atoms with Crippen LogP contribution in [0.25, 0.3) is 11.1 Å². The quantitative estimate of drug-likeness (QED) is 0.688. The maximum Gasteiger partial charge on any atom is 0.275 e. The predicted molar refractivity (Wildman–Crippen MR) is 96.6 cm³/mol. The Morgan fingerprint density at radius 2 is 1.88 bits per heavy atom. The molecule has 0 aliphatic rings. The normalized spacial score (nSPS) is 10.6. The number of pyridine rings is 2. The first-order valence-electron chi connectivity index (χ1n) is 7.29. The van der Waals surface area contributed by atoms with Gasteiger partial charge >= 0.3 is 0 Å². The van der Waals surface area contributed by atoms with Crippen LogP contribution in [0, 0.1) is 12.7 Å². The number of amides is 1. The molecule has 0 bridgehead atoms. The highest BCUT2D eigenvalue weighted by molar-refractivity contribution is 6.31. The smallest absolute Gasteiger partial charge is 0.275 e. The van der Waals surface area contributed by atoms with Crippen molar-refractivity contribution in [1.29, 1.82) is 0 Å². The zero-order valence-electron chi connectivity index (χ0n) is 13.1. The molecule has 3 aromatic rings. The van der Waals surface area contributed by atoms with Crippen LogP contribution < -0.4 is 5.32 Å². The first-order valence-corrected chi connectivity index (χ1v) is 8.05. The monoisotopic (exact) mass is 375 g/mol. The number of halogens is 3. The summed E-state index contributed by atoms with van der Waals surface area (Å²) in [6, 6.07) is 11.0. The molecule has 0 unspecified atom stereocenters. The van der Waals surface area contributed by atoms with Crippen molar-refractivity contribution in [3.8, 4) is 11.1 Å². The number of anilines is 1. The zero-order valence-corrected chi connectivity index (χ0v) is 14.6. The van der Waals surface area contributed by atoms with E-state index >= 15 is 0 Å². The molecule has 0 aliphatic heterocycles. The number of aromatic nitrogens is 2. The van der Waals surface area contributed by atoms with Crippen LogP contribution in [0.4, 0.5) is 10.2 Å². The van der Waals surface area contributed by atoms with E-state index in [1.165, 1.54) is 18.3 Å². The van der Waals surface area contributed by atoms with Crippen molar-refractivity contribution in [3.05, 3.63) is 75.9 Å². The minimum atomic E-state index is -0.497. The second kappa shape index (κ2) is 7.17. The van der Waals surface area contributed by atoms with E-state index in [1.807, 2.05) is 0 Å². The highest BCUT2D eigenvalue weighted by atomic mass is 35.5. The molecule has 0 saturated heterocycles. The molecule has 0 spiro atoms. The van der Waals surface area contributed by atoms with Gasteiger partial charge in [0.05, 0.1) is 10.0 Å². The highest BCUT2D eigenvalue weighted by Crippen LogP contribution is 2.26. The minimum Gasteiger partial charge on any atom is -0.305 e. The number of hydrogen-bond donors (Lipinski definition) is 1. The van der Waals surface area contributed by atoms with E-state index in [-0.39, 0.29) is 10.7 Å². The van der Waals surface area contributed by atoms with E-state index in [4.69, 9.17) is 23.2 Å². The molecule has 2 aromatic heterocycles. The molecular weight excluding hydrogens is 364 g/mol. The van der Waals surface area contributed by atoms with Crippen LogP contribution in [0.1, 0.15) is 16.2 Å². The van der Waals surface area contributed by atoms with Gasteiger partial charge in [0.15, 0.2) is 0 Å². The molecule has 0 aliphatic carbocycles. The van der Waals surface area contributed by atoms with Crippen LogP contribution in [0.2, 0.25) is 10.0 Å². The van der Waals surface area contributed by atoms with E-state index in [1.54, 1.807) is 37.3 Å². The number of carbonyl (C=O) groups is 1. The van der Waals surface area contributed by atoms with Crippen LogP contribution in [-0.4, -0.2) is 15.9 Å². The fraction of sp³-hybridized carbons (Fsp3) is 0.0556. The second-order valence-corrected chi connectivity index (χ2v) is 6.17. The molecule has 0 atom stereocenters. The van der Waals surface area contributed by atoms with Crippen molar-refractivity contribution >= 4 is 34.9 Å². The van der Waals surface area contributed by atoms with Gasteiger partial charge in [-0.25, -0.2) is 14.4 Å². The van der Waals surface area contributed by atoms with Crippen molar-refractivity contribution in [2.24, 2.45) is 0 Å². The third-order valence-electron chi connectivity index (χ3n) is 3.41. The Labute approximate surface area is 153 Å². The van der Waals surface area contributed by atoms with Crippen molar-refractivity contribution in [3.63, 3.8) is 0 Å². The lowest BCUT2D eigenvalue weighted by Gasteiger charge is -2.08. The molecule has 1 aromatic carbocycles. The Hall–Kier alpha value is -2.50. The zero-order chi connectivity index (χ0) is 18.0. The molecule has 3 rings (SSSR count). The number of aryl methyl sites for hydroxylation is 1. The van der Waals surface area contributed by atoms with Gasteiger partial charge in [-0.2, -0.15) is 0 Å². The number of hydrogen-bond acceptors (Lipinski definition) is 3. The number of benzene rings is 1. The molecule has 1 amide bonds. The summed E-state index contributed by atoms with van der Waals surface area (Å²) in [5, 5.41) is 3.15. The van der Waals surface area contributed by atoms with E-state index in [0.29, 0.717) is 27.7 Å². The predicted octanol–water partition coefficient (Wildman–Crippen LogP) is 5.15. The summed E-state index contributed by atoms with van der Waals surface area (Å²) in [6.45, 7) is 1.77. The SMILES string of the molecule is Cc1cc(-c2ccc(F)c(Cl)c2)cc(C(=O)Nc2ccc(Cl)cn2)n1. The first kappa shape index (κ1) is 17.3. The van der Waals surface area contributed by atoms with Crippen molar-refractivity contribution in [2.75, 3.05) is 5.32 Å². The summed E-state index contributed by atoms with van der Waals surface area (Å²) >= 11 is 11.6. The number of rotatable bonds is 3. The van der Waals surface area contributed by atoms with Crippen molar-refractivity contribution < 1.29 is 9.18 Å². The number of carbonyl (C=O) groups excluding carboxylic acids is 1. The summed E-state index contributed by atoms with van der Waals surface area (Å²) < 4.78 is 13.3. The van der Waals surface area contributed by atoms with Gasteiger partial charge in [-0.15, -0.1) is 0 Å². The molecule has 0 saturated carbocycles.